The molecule has 2 aromatic carbocycles. The lowest BCUT2D eigenvalue weighted by molar-refractivity contribution is -0.123. The Morgan fingerprint density at radius 2 is 1.68 bits per heavy atom. The highest BCUT2D eigenvalue weighted by atomic mass is 16.5. The molecule has 0 aromatic heterocycles. The van der Waals surface area contributed by atoms with Crippen LogP contribution in [0.4, 0.5) is 5.69 Å². The maximum absolute atomic E-state index is 12.4. The molecule has 0 spiro atoms. The van der Waals surface area contributed by atoms with Crippen molar-refractivity contribution in [3.8, 4) is 5.75 Å². The Morgan fingerprint density at radius 1 is 1.00 bits per heavy atom. The van der Waals surface area contributed by atoms with Crippen LogP contribution in [0, 0.1) is 0 Å². The lowest BCUT2D eigenvalue weighted by atomic mass is 10.1. The summed E-state index contributed by atoms with van der Waals surface area (Å²) in [6.45, 7) is 8.28. The first-order chi connectivity index (χ1) is 13.4. The number of esters is 1. The van der Waals surface area contributed by atoms with Crippen LogP contribution in [0.2, 0.25) is 0 Å². The first-order valence-corrected chi connectivity index (χ1v) is 9.35. The molecule has 2 aromatic rings. The van der Waals surface area contributed by atoms with Gasteiger partial charge in [-0.2, -0.15) is 0 Å². The Balaban J connectivity index is 1.93. The first-order valence-electron chi connectivity index (χ1n) is 9.35. The molecule has 1 atom stereocenters. The third kappa shape index (κ3) is 6.39. The summed E-state index contributed by atoms with van der Waals surface area (Å²) in [6, 6.07) is 14.0. The van der Waals surface area contributed by atoms with Crippen LogP contribution in [0.5, 0.6) is 5.75 Å². The second-order valence-electron chi connectivity index (χ2n) is 6.52. The van der Waals surface area contributed by atoms with Crippen LogP contribution >= 0.6 is 0 Å². The number of nitrogens with one attached hydrogen (secondary N) is 1. The molecule has 0 bridgehead atoms. The topological polar surface area (TPSA) is 73.9 Å². The molecule has 28 heavy (non-hydrogen) atoms. The van der Waals surface area contributed by atoms with Gasteiger partial charge in [0.1, 0.15) is 5.75 Å². The summed E-state index contributed by atoms with van der Waals surface area (Å²) in [5.41, 5.74) is 1.87. The Bertz CT molecular complexity index is 786. The monoisotopic (exact) mass is 385 g/mol. The molecule has 6 heteroatoms. The summed E-state index contributed by atoms with van der Waals surface area (Å²) in [6.07, 6.45) is -0.817. The van der Waals surface area contributed by atoms with Gasteiger partial charge >= 0.3 is 5.97 Å². The van der Waals surface area contributed by atoms with Crippen molar-refractivity contribution in [2.45, 2.75) is 46.5 Å². The van der Waals surface area contributed by atoms with Crippen molar-refractivity contribution in [2.24, 2.45) is 0 Å². The molecular weight excluding hydrogens is 358 g/mol. The number of ether oxygens (including phenoxy) is 3. The molecular formula is C22H27NO5. The van der Waals surface area contributed by atoms with Gasteiger partial charge in [0.05, 0.1) is 30.6 Å². The summed E-state index contributed by atoms with van der Waals surface area (Å²) in [5.74, 6) is -0.421. The molecule has 1 N–H and O–H groups in total. The Hall–Kier alpha value is -2.86. The summed E-state index contributed by atoms with van der Waals surface area (Å²) in [7, 11) is 0. The van der Waals surface area contributed by atoms with Gasteiger partial charge in [0, 0.05) is 0 Å². The smallest absolute Gasteiger partial charge is 0.338 e. The fourth-order valence-corrected chi connectivity index (χ4v) is 2.37. The number of amides is 1. The van der Waals surface area contributed by atoms with Gasteiger partial charge in [-0.05, 0) is 57.5 Å². The van der Waals surface area contributed by atoms with Crippen molar-refractivity contribution in [3.63, 3.8) is 0 Å². The molecule has 0 aliphatic rings. The molecule has 0 heterocycles. The van der Waals surface area contributed by atoms with Crippen molar-refractivity contribution in [2.75, 3.05) is 11.9 Å². The van der Waals surface area contributed by atoms with E-state index in [0.29, 0.717) is 30.2 Å². The predicted octanol–water partition coefficient (Wildman–Crippen LogP) is 4.19. The van der Waals surface area contributed by atoms with E-state index in [4.69, 9.17) is 14.2 Å². The molecule has 150 valence electrons. The van der Waals surface area contributed by atoms with E-state index >= 15 is 0 Å². The number of anilines is 1. The van der Waals surface area contributed by atoms with Crippen LogP contribution in [-0.4, -0.2) is 30.7 Å². The van der Waals surface area contributed by atoms with Crippen molar-refractivity contribution in [1.29, 1.82) is 0 Å². The minimum absolute atomic E-state index is 0.136. The van der Waals surface area contributed by atoms with E-state index < -0.39 is 18.0 Å². The van der Waals surface area contributed by atoms with Crippen molar-refractivity contribution >= 4 is 17.6 Å². The van der Waals surface area contributed by atoms with Crippen LogP contribution in [0.15, 0.2) is 48.5 Å². The second kappa shape index (κ2) is 10.5. The predicted molar refractivity (Wildman–Crippen MR) is 107 cm³/mol. The lowest BCUT2D eigenvalue weighted by Gasteiger charge is -2.16. The summed E-state index contributed by atoms with van der Waals surface area (Å²) < 4.78 is 16.3. The van der Waals surface area contributed by atoms with Crippen LogP contribution in [0.1, 0.15) is 43.6 Å². The molecule has 0 fully saturated rings. The third-order valence-electron chi connectivity index (χ3n) is 3.87. The molecule has 2 rings (SSSR count). The van der Waals surface area contributed by atoms with Gasteiger partial charge in [-0.3, -0.25) is 4.79 Å². The SMILES string of the molecule is CCOc1ccccc1NC(=O)[C@H](C)OC(=O)c1ccc(COC(C)C)cc1. The van der Waals surface area contributed by atoms with E-state index in [1.165, 1.54) is 6.92 Å². The summed E-state index contributed by atoms with van der Waals surface area (Å²) in [4.78, 5) is 24.7. The number of carbonyl (C=O) groups is 2. The van der Waals surface area contributed by atoms with E-state index in [0.717, 1.165) is 5.56 Å². The fourth-order valence-electron chi connectivity index (χ4n) is 2.37. The van der Waals surface area contributed by atoms with Crippen molar-refractivity contribution < 1.29 is 23.8 Å². The minimum Gasteiger partial charge on any atom is -0.492 e. The molecule has 0 unspecified atom stereocenters. The van der Waals surface area contributed by atoms with Crippen LogP contribution < -0.4 is 10.1 Å². The van der Waals surface area contributed by atoms with Crippen molar-refractivity contribution in [3.05, 3.63) is 59.7 Å². The second-order valence-corrected chi connectivity index (χ2v) is 6.52. The highest BCUT2D eigenvalue weighted by molar-refractivity contribution is 5.98. The van der Waals surface area contributed by atoms with Gasteiger partial charge < -0.3 is 19.5 Å². The average molecular weight is 385 g/mol. The zero-order valence-corrected chi connectivity index (χ0v) is 16.7. The quantitative estimate of drug-likeness (QED) is 0.655. The Morgan fingerprint density at radius 3 is 2.32 bits per heavy atom. The molecule has 0 saturated carbocycles. The highest BCUT2D eigenvalue weighted by Crippen LogP contribution is 2.24. The molecule has 0 radical (unpaired) electrons. The van der Waals surface area contributed by atoms with Gasteiger partial charge in [-0.25, -0.2) is 4.79 Å². The van der Waals surface area contributed by atoms with E-state index in [2.05, 4.69) is 5.32 Å². The van der Waals surface area contributed by atoms with Crippen LogP contribution in [0.25, 0.3) is 0 Å². The van der Waals surface area contributed by atoms with Crippen LogP contribution in [0.3, 0.4) is 0 Å². The van der Waals surface area contributed by atoms with Gasteiger partial charge in [0.15, 0.2) is 6.10 Å². The largest absolute Gasteiger partial charge is 0.492 e. The Kier molecular flexibility index (Phi) is 8.02. The van der Waals surface area contributed by atoms with Gasteiger partial charge in [0.25, 0.3) is 5.91 Å². The van der Waals surface area contributed by atoms with Crippen molar-refractivity contribution in [1.82, 2.24) is 0 Å². The van der Waals surface area contributed by atoms with Crippen LogP contribution in [-0.2, 0) is 20.9 Å². The van der Waals surface area contributed by atoms with E-state index in [-0.39, 0.29) is 6.10 Å². The highest BCUT2D eigenvalue weighted by Gasteiger charge is 2.20. The molecule has 0 aliphatic heterocycles. The maximum Gasteiger partial charge on any atom is 0.338 e. The third-order valence-corrected chi connectivity index (χ3v) is 3.87. The minimum atomic E-state index is -0.953. The maximum atomic E-state index is 12.4. The zero-order chi connectivity index (χ0) is 20.5. The number of carbonyl (C=O) groups excluding carboxylic acids is 2. The Labute approximate surface area is 165 Å². The lowest BCUT2D eigenvalue weighted by Crippen LogP contribution is -2.30. The number of rotatable bonds is 9. The first kappa shape index (κ1) is 21.4. The standard InChI is InChI=1S/C22H27NO5/c1-5-26-20-9-7-6-8-19(20)23-21(24)16(4)28-22(25)18-12-10-17(11-13-18)14-27-15(2)3/h6-13,15-16H,5,14H2,1-4H3,(H,23,24)/t16-/m0/s1. The summed E-state index contributed by atoms with van der Waals surface area (Å²) >= 11 is 0. The van der Waals surface area contributed by atoms with Gasteiger partial charge in [-0.1, -0.05) is 24.3 Å². The zero-order valence-electron chi connectivity index (χ0n) is 16.7. The summed E-state index contributed by atoms with van der Waals surface area (Å²) in [5, 5.41) is 2.73. The molecule has 1 amide bonds. The molecule has 0 saturated heterocycles. The number of benzene rings is 2. The van der Waals surface area contributed by atoms with Gasteiger partial charge in [0.2, 0.25) is 0 Å². The van der Waals surface area contributed by atoms with E-state index in [9.17, 15) is 9.59 Å². The van der Waals surface area contributed by atoms with E-state index in [1.54, 1.807) is 30.3 Å². The molecule has 6 nitrogen and oxygen atoms in total. The van der Waals surface area contributed by atoms with E-state index in [1.807, 2.05) is 39.0 Å². The normalized spacial score (nSPS) is 11.8. The van der Waals surface area contributed by atoms with Gasteiger partial charge in [-0.15, -0.1) is 0 Å². The number of hydrogen-bond donors (Lipinski definition) is 1. The fraction of sp³-hybridized carbons (Fsp3) is 0.364. The molecule has 0 aliphatic carbocycles. The average Bonchev–Trinajstić information content (AvgIpc) is 2.68. The number of hydrogen-bond acceptors (Lipinski definition) is 5. The number of para-hydroxylation sites is 2.